The summed E-state index contributed by atoms with van der Waals surface area (Å²) in [6.45, 7) is 2.43. The number of benzene rings is 1. The maximum absolute atomic E-state index is 11.5. The molecule has 0 aliphatic heterocycles. The zero-order chi connectivity index (χ0) is 14.6. The van der Waals surface area contributed by atoms with Crippen LogP contribution in [-0.4, -0.2) is 46.4 Å². The van der Waals surface area contributed by atoms with Crippen molar-refractivity contribution in [2.24, 2.45) is 0 Å². The smallest absolute Gasteiger partial charge is 0.233 e. The number of hydrogen-bond acceptors (Lipinski definition) is 4. The first-order chi connectivity index (χ1) is 9.76. The summed E-state index contributed by atoms with van der Waals surface area (Å²) < 4.78 is 10.1. The fourth-order valence-electron chi connectivity index (χ4n) is 1.77. The standard InChI is InChI=1S/C15H24N2O3/c1-19-10-4-8-17-15(18)12-16-9-7-13-5-3-6-14(11-13)20-2/h3,5-6,11,16H,4,7-10,12H2,1-2H3,(H,17,18). The third kappa shape index (κ3) is 7.11. The predicted octanol–water partition coefficient (Wildman–Crippen LogP) is 0.980. The molecular weight excluding hydrogens is 256 g/mol. The van der Waals surface area contributed by atoms with Crippen LogP contribution in [0.15, 0.2) is 24.3 Å². The van der Waals surface area contributed by atoms with Crippen LogP contribution in [0.2, 0.25) is 0 Å². The van der Waals surface area contributed by atoms with Crippen LogP contribution in [0.3, 0.4) is 0 Å². The Kier molecular flexibility index (Phi) is 8.42. The summed E-state index contributed by atoms with van der Waals surface area (Å²) in [5, 5.41) is 5.96. The lowest BCUT2D eigenvalue weighted by Crippen LogP contribution is -2.35. The normalized spacial score (nSPS) is 10.3. The molecule has 1 rings (SSSR count). The molecule has 20 heavy (non-hydrogen) atoms. The molecule has 5 heteroatoms. The van der Waals surface area contributed by atoms with E-state index in [4.69, 9.17) is 9.47 Å². The molecule has 0 heterocycles. The van der Waals surface area contributed by atoms with Gasteiger partial charge in [-0.1, -0.05) is 12.1 Å². The second kappa shape index (κ2) is 10.2. The highest BCUT2D eigenvalue weighted by molar-refractivity contribution is 5.77. The Bertz CT molecular complexity index is 396. The number of methoxy groups -OCH3 is 2. The second-order valence-corrected chi connectivity index (χ2v) is 4.47. The van der Waals surface area contributed by atoms with Crippen LogP contribution in [0.4, 0.5) is 0 Å². The van der Waals surface area contributed by atoms with Gasteiger partial charge < -0.3 is 20.1 Å². The molecule has 0 unspecified atom stereocenters. The predicted molar refractivity (Wildman–Crippen MR) is 79.1 cm³/mol. The number of carbonyl (C=O) groups excluding carboxylic acids is 1. The molecule has 112 valence electrons. The van der Waals surface area contributed by atoms with Crippen LogP contribution in [-0.2, 0) is 16.0 Å². The van der Waals surface area contributed by atoms with Gasteiger partial charge in [0.25, 0.3) is 0 Å². The lowest BCUT2D eigenvalue weighted by Gasteiger charge is -2.07. The zero-order valence-electron chi connectivity index (χ0n) is 12.3. The minimum atomic E-state index is 0.0201. The summed E-state index contributed by atoms with van der Waals surface area (Å²) >= 11 is 0. The van der Waals surface area contributed by atoms with Gasteiger partial charge in [-0.05, 0) is 37.1 Å². The van der Waals surface area contributed by atoms with Gasteiger partial charge in [-0.3, -0.25) is 4.79 Å². The average molecular weight is 280 g/mol. The van der Waals surface area contributed by atoms with E-state index in [1.807, 2.05) is 18.2 Å². The fourth-order valence-corrected chi connectivity index (χ4v) is 1.77. The number of amides is 1. The maximum Gasteiger partial charge on any atom is 0.233 e. The Balaban J connectivity index is 2.10. The van der Waals surface area contributed by atoms with E-state index in [0.29, 0.717) is 19.7 Å². The van der Waals surface area contributed by atoms with E-state index in [1.165, 1.54) is 5.56 Å². The quantitative estimate of drug-likeness (QED) is 0.627. The fraction of sp³-hybridized carbons (Fsp3) is 0.533. The number of hydrogen-bond donors (Lipinski definition) is 2. The second-order valence-electron chi connectivity index (χ2n) is 4.47. The van der Waals surface area contributed by atoms with E-state index in [0.717, 1.165) is 25.1 Å². The highest BCUT2D eigenvalue weighted by Crippen LogP contribution is 2.12. The van der Waals surface area contributed by atoms with E-state index in [1.54, 1.807) is 14.2 Å². The molecule has 0 aliphatic rings. The van der Waals surface area contributed by atoms with Gasteiger partial charge in [-0.25, -0.2) is 0 Å². The molecule has 0 aliphatic carbocycles. The molecule has 1 aromatic rings. The van der Waals surface area contributed by atoms with Crippen LogP contribution in [0.1, 0.15) is 12.0 Å². The van der Waals surface area contributed by atoms with Crippen molar-refractivity contribution in [3.63, 3.8) is 0 Å². The van der Waals surface area contributed by atoms with Crippen LogP contribution in [0.25, 0.3) is 0 Å². The lowest BCUT2D eigenvalue weighted by atomic mass is 10.1. The molecule has 0 aromatic heterocycles. The van der Waals surface area contributed by atoms with Gasteiger partial charge >= 0.3 is 0 Å². The number of carbonyl (C=O) groups is 1. The molecule has 0 atom stereocenters. The molecule has 0 radical (unpaired) electrons. The molecule has 1 amide bonds. The van der Waals surface area contributed by atoms with Crippen molar-refractivity contribution >= 4 is 5.91 Å². The molecule has 1 aromatic carbocycles. The summed E-state index contributed by atoms with van der Waals surface area (Å²) in [6, 6.07) is 7.95. The van der Waals surface area contributed by atoms with Gasteiger partial charge in [0.15, 0.2) is 0 Å². The van der Waals surface area contributed by atoms with Crippen molar-refractivity contribution in [3.05, 3.63) is 29.8 Å². The van der Waals surface area contributed by atoms with Gasteiger partial charge in [0.2, 0.25) is 5.91 Å². The summed E-state index contributed by atoms with van der Waals surface area (Å²) in [7, 11) is 3.31. The van der Waals surface area contributed by atoms with E-state index in [9.17, 15) is 4.79 Å². The molecule has 0 fully saturated rings. The van der Waals surface area contributed by atoms with Gasteiger partial charge in [0.1, 0.15) is 5.75 Å². The highest BCUT2D eigenvalue weighted by atomic mass is 16.5. The molecule has 5 nitrogen and oxygen atoms in total. The average Bonchev–Trinajstić information content (AvgIpc) is 2.48. The van der Waals surface area contributed by atoms with E-state index in [2.05, 4.69) is 16.7 Å². The molecule has 0 spiro atoms. The number of nitrogens with one attached hydrogen (secondary N) is 2. The molecule has 0 saturated heterocycles. The Labute approximate surface area is 120 Å². The maximum atomic E-state index is 11.5. The lowest BCUT2D eigenvalue weighted by molar-refractivity contribution is -0.120. The Morgan fingerprint density at radius 1 is 1.25 bits per heavy atom. The molecular formula is C15H24N2O3. The third-order valence-corrected chi connectivity index (χ3v) is 2.86. The summed E-state index contributed by atoms with van der Waals surface area (Å²) in [4.78, 5) is 11.5. The van der Waals surface area contributed by atoms with Gasteiger partial charge in [0, 0.05) is 20.3 Å². The van der Waals surface area contributed by atoms with Gasteiger partial charge in [-0.2, -0.15) is 0 Å². The Morgan fingerprint density at radius 3 is 2.85 bits per heavy atom. The minimum absolute atomic E-state index is 0.0201. The largest absolute Gasteiger partial charge is 0.497 e. The van der Waals surface area contributed by atoms with Gasteiger partial charge in [0.05, 0.1) is 13.7 Å². The van der Waals surface area contributed by atoms with Crippen molar-refractivity contribution in [3.8, 4) is 5.75 Å². The first-order valence-corrected chi connectivity index (χ1v) is 6.85. The Morgan fingerprint density at radius 2 is 2.10 bits per heavy atom. The summed E-state index contributed by atoms with van der Waals surface area (Å²) in [5.41, 5.74) is 1.19. The van der Waals surface area contributed by atoms with Crippen LogP contribution >= 0.6 is 0 Å². The van der Waals surface area contributed by atoms with Crippen molar-refractivity contribution in [2.45, 2.75) is 12.8 Å². The molecule has 0 saturated carbocycles. The van der Waals surface area contributed by atoms with Crippen LogP contribution in [0.5, 0.6) is 5.75 Å². The van der Waals surface area contributed by atoms with Crippen molar-refractivity contribution < 1.29 is 14.3 Å². The van der Waals surface area contributed by atoms with Crippen LogP contribution in [0, 0.1) is 0 Å². The van der Waals surface area contributed by atoms with Crippen molar-refractivity contribution in [2.75, 3.05) is 40.5 Å². The monoisotopic (exact) mass is 280 g/mol. The summed E-state index contributed by atoms with van der Waals surface area (Å²) in [6.07, 6.45) is 1.71. The molecule has 0 bridgehead atoms. The zero-order valence-corrected chi connectivity index (χ0v) is 12.3. The molecule has 2 N–H and O–H groups in total. The van der Waals surface area contributed by atoms with Crippen molar-refractivity contribution in [1.29, 1.82) is 0 Å². The number of ether oxygens (including phenoxy) is 2. The van der Waals surface area contributed by atoms with Gasteiger partial charge in [-0.15, -0.1) is 0 Å². The number of rotatable bonds is 10. The topological polar surface area (TPSA) is 59.6 Å². The SMILES string of the molecule is COCCCNC(=O)CNCCc1cccc(OC)c1. The van der Waals surface area contributed by atoms with Crippen LogP contribution < -0.4 is 15.4 Å². The highest BCUT2D eigenvalue weighted by Gasteiger charge is 2.00. The minimum Gasteiger partial charge on any atom is -0.497 e. The Hall–Kier alpha value is -1.59. The van der Waals surface area contributed by atoms with E-state index in [-0.39, 0.29) is 5.91 Å². The summed E-state index contributed by atoms with van der Waals surface area (Å²) in [5.74, 6) is 0.880. The van der Waals surface area contributed by atoms with E-state index < -0.39 is 0 Å². The third-order valence-electron chi connectivity index (χ3n) is 2.86. The first-order valence-electron chi connectivity index (χ1n) is 6.85. The first kappa shape index (κ1) is 16.5. The van der Waals surface area contributed by atoms with E-state index >= 15 is 0 Å². The van der Waals surface area contributed by atoms with Crippen molar-refractivity contribution in [1.82, 2.24) is 10.6 Å².